The molecule has 9 nitrogen and oxygen atoms in total. The number of carbonyl (C=O) groups is 5. The molecule has 0 spiro atoms. The highest BCUT2D eigenvalue weighted by atomic mass is 16.5. The predicted octanol–water partition coefficient (Wildman–Crippen LogP) is 0.822. The van der Waals surface area contributed by atoms with Crippen LogP contribution in [0.5, 0.6) is 0 Å². The summed E-state index contributed by atoms with van der Waals surface area (Å²) in [6, 6.07) is 7.17. The molecule has 2 N–H and O–H groups in total. The number of allylic oxidation sites excluding steroid dienone is 2. The summed E-state index contributed by atoms with van der Waals surface area (Å²) in [4.78, 5) is 63.9. The van der Waals surface area contributed by atoms with Crippen molar-refractivity contribution in [1.82, 2.24) is 15.8 Å². The van der Waals surface area contributed by atoms with Crippen molar-refractivity contribution in [3.05, 3.63) is 48.0 Å². The van der Waals surface area contributed by atoms with E-state index < -0.39 is 42.3 Å². The Labute approximate surface area is 185 Å². The van der Waals surface area contributed by atoms with E-state index in [1.807, 2.05) is 12.2 Å². The fraction of sp³-hybridized carbons (Fsp3) is 0.435. The molecule has 1 aromatic rings. The third-order valence-electron chi connectivity index (χ3n) is 6.35. The van der Waals surface area contributed by atoms with E-state index in [0.717, 1.165) is 11.3 Å². The Morgan fingerprint density at radius 2 is 1.59 bits per heavy atom. The molecule has 1 heterocycles. The van der Waals surface area contributed by atoms with E-state index in [1.165, 1.54) is 0 Å². The average molecular weight is 439 g/mol. The molecule has 2 fully saturated rings. The molecule has 1 aromatic carbocycles. The summed E-state index contributed by atoms with van der Waals surface area (Å²) >= 11 is 0. The van der Waals surface area contributed by atoms with E-state index in [2.05, 4.69) is 10.9 Å². The first-order chi connectivity index (χ1) is 15.3. The summed E-state index contributed by atoms with van der Waals surface area (Å²) in [7, 11) is 0. The lowest BCUT2D eigenvalue weighted by Gasteiger charge is -2.28. The number of hydrazine groups is 1. The van der Waals surface area contributed by atoms with Crippen molar-refractivity contribution in [2.24, 2.45) is 29.6 Å². The van der Waals surface area contributed by atoms with Gasteiger partial charge < -0.3 is 4.74 Å². The van der Waals surface area contributed by atoms with Crippen LogP contribution in [0.2, 0.25) is 0 Å². The van der Waals surface area contributed by atoms with E-state index in [9.17, 15) is 24.0 Å². The fourth-order valence-corrected chi connectivity index (χ4v) is 4.92. The molecule has 0 aromatic heterocycles. The maximum absolute atomic E-state index is 13.0. The molecule has 2 aliphatic carbocycles. The zero-order valence-corrected chi connectivity index (χ0v) is 17.8. The molecule has 4 rings (SSSR count). The van der Waals surface area contributed by atoms with Crippen LogP contribution in [0, 0.1) is 29.6 Å². The summed E-state index contributed by atoms with van der Waals surface area (Å²) in [5.74, 6) is -3.92. The second-order valence-corrected chi connectivity index (χ2v) is 8.71. The number of hydrogen-bond acceptors (Lipinski definition) is 6. The van der Waals surface area contributed by atoms with Gasteiger partial charge in [0.2, 0.25) is 11.8 Å². The van der Waals surface area contributed by atoms with Crippen LogP contribution in [0.15, 0.2) is 42.5 Å². The normalized spacial score (nSPS) is 26.3. The summed E-state index contributed by atoms with van der Waals surface area (Å²) < 4.78 is 5.10. The van der Waals surface area contributed by atoms with Crippen molar-refractivity contribution in [3.8, 4) is 0 Å². The topological polar surface area (TPSA) is 122 Å². The molecule has 4 amide bonds. The number of benzene rings is 1. The number of nitrogens with one attached hydrogen (secondary N) is 2. The van der Waals surface area contributed by atoms with Gasteiger partial charge in [-0.3, -0.25) is 34.9 Å². The number of amides is 4. The Hall–Kier alpha value is -3.49. The highest BCUT2D eigenvalue weighted by Gasteiger charge is 2.61. The number of likely N-dealkylation sites (tertiary alicyclic amines) is 1. The number of rotatable bonds is 6. The molecule has 1 saturated carbocycles. The number of nitrogens with zero attached hydrogens (tertiary/aromatic N) is 1. The summed E-state index contributed by atoms with van der Waals surface area (Å²) in [5, 5.41) is 0. The van der Waals surface area contributed by atoms with Gasteiger partial charge in [-0.05, 0) is 36.3 Å². The van der Waals surface area contributed by atoms with Crippen LogP contribution in [0.3, 0.4) is 0 Å². The van der Waals surface area contributed by atoms with Crippen LogP contribution >= 0.6 is 0 Å². The molecule has 1 saturated heterocycles. The molecule has 1 aliphatic heterocycles. The number of hydrogen-bond donors (Lipinski definition) is 2. The minimum Gasteiger partial charge on any atom is -0.454 e. The summed E-state index contributed by atoms with van der Waals surface area (Å²) in [6.07, 6.45) is 4.76. The van der Waals surface area contributed by atoms with Crippen molar-refractivity contribution in [2.75, 3.05) is 6.61 Å². The smallest absolute Gasteiger partial charge is 0.330 e. The largest absolute Gasteiger partial charge is 0.454 e. The Morgan fingerprint density at radius 3 is 2.16 bits per heavy atom. The highest BCUT2D eigenvalue weighted by Crippen LogP contribution is 2.53. The van der Waals surface area contributed by atoms with Gasteiger partial charge in [0.25, 0.3) is 11.8 Å². The van der Waals surface area contributed by atoms with Crippen LogP contribution in [0.25, 0.3) is 0 Å². The Morgan fingerprint density at radius 1 is 1.00 bits per heavy atom. The quantitative estimate of drug-likeness (QED) is 0.293. The zero-order valence-electron chi connectivity index (χ0n) is 17.8. The highest BCUT2D eigenvalue weighted by molar-refractivity contribution is 6.09. The lowest BCUT2D eigenvalue weighted by atomic mass is 9.85. The van der Waals surface area contributed by atoms with Gasteiger partial charge in [0.1, 0.15) is 6.04 Å². The number of ether oxygens (including phenoxy) is 1. The molecular weight excluding hydrogens is 414 g/mol. The van der Waals surface area contributed by atoms with Crippen LogP contribution < -0.4 is 10.9 Å². The SMILES string of the molecule is CC(C)[C@H](C(=O)OCC(=O)NNC(=O)c1ccccc1)N1C(=O)[C@@H]2[C@H](C1=O)[C@H]1C=C[C@H]2C1. The second-order valence-electron chi connectivity index (χ2n) is 8.71. The van der Waals surface area contributed by atoms with Crippen LogP contribution in [0.4, 0.5) is 0 Å². The molecular formula is C23H25N3O6. The molecule has 5 atom stereocenters. The van der Waals surface area contributed by atoms with Crippen molar-refractivity contribution >= 4 is 29.6 Å². The van der Waals surface area contributed by atoms with Crippen molar-refractivity contribution in [2.45, 2.75) is 26.3 Å². The molecule has 168 valence electrons. The van der Waals surface area contributed by atoms with Gasteiger partial charge in [-0.15, -0.1) is 0 Å². The van der Waals surface area contributed by atoms with E-state index in [1.54, 1.807) is 44.2 Å². The van der Waals surface area contributed by atoms with E-state index >= 15 is 0 Å². The molecule has 0 radical (unpaired) electrons. The number of imide groups is 1. The lowest BCUT2D eigenvalue weighted by molar-refractivity contribution is -0.162. The van der Waals surface area contributed by atoms with E-state index in [4.69, 9.17) is 4.74 Å². The fourth-order valence-electron chi connectivity index (χ4n) is 4.92. The minimum atomic E-state index is -1.10. The van der Waals surface area contributed by atoms with Gasteiger partial charge in [0.15, 0.2) is 6.61 Å². The van der Waals surface area contributed by atoms with Gasteiger partial charge in [-0.1, -0.05) is 44.2 Å². The van der Waals surface area contributed by atoms with Crippen LogP contribution in [-0.4, -0.2) is 47.1 Å². The third kappa shape index (κ3) is 3.79. The van der Waals surface area contributed by atoms with E-state index in [-0.39, 0.29) is 29.6 Å². The predicted molar refractivity (Wildman–Crippen MR) is 111 cm³/mol. The lowest BCUT2D eigenvalue weighted by Crippen LogP contribution is -2.50. The van der Waals surface area contributed by atoms with Crippen molar-refractivity contribution in [3.63, 3.8) is 0 Å². The minimum absolute atomic E-state index is 0.0364. The van der Waals surface area contributed by atoms with Gasteiger partial charge in [-0.25, -0.2) is 4.79 Å². The molecule has 0 unspecified atom stereocenters. The van der Waals surface area contributed by atoms with Crippen LogP contribution in [-0.2, 0) is 23.9 Å². The Bertz CT molecular complexity index is 959. The maximum Gasteiger partial charge on any atom is 0.330 e. The molecule has 2 bridgehead atoms. The monoisotopic (exact) mass is 439 g/mol. The van der Waals surface area contributed by atoms with Crippen molar-refractivity contribution in [1.29, 1.82) is 0 Å². The third-order valence-corrected chi connectivity index (χ3v) is 6.35. The number of fused-ring (bicyclic) bond motifs is 5. The number of carbonyl (C=O) groups excluding carboxylic acids is 5. The Kier molecular flexibility index (Phi) is 5.82. The van der Waals surface area contributed by atoms with Gasteiger partial charge in [0.05, 0.1) is 11.8 Å². The second kappa shape index (κ2) is 8.57. The maximum atomic E-state index is 13.0. The average Bonchev–Trinajstić information content (AvgIpc) is 3.46. The van der Waals surface area contributed by atoms with Gasteiger partial charge in [-0.2, -0.15) is 0 Å². The van der Waals surface area contributed by atoms with Gasteiger partial charge >= 0.3 is 5.97 Å². The molecule has 32 heavy (non-hydrogen) atoms. The molecule has 3 aliphatic rings. The van der Waals surface area contributed by atoms with Crippen LogP contribution in [0.1, 0.15) is 30.6 Å². The molecule has 9 heteroatoms. The first-order valence-electron chi connectivity index (χ1n) is 10.7. The van der Waals surface area contributed by atoms with E-state index in [0.29, 0.717) is 5.56 Å². The Balaban J connectivity index is 1.34. The first-order valence-corrected chi connectivity index (χ1v) is 10.7. The standard InChI is InChI=1S/C23H25N3O6/c1-12(2)19(26-21(29)17-14-8-9-15(10-14)18(17)22(26)30)23(31)32-11-16(27)24-25-20(28)13-6-4-3-5-7-13/h3-9,12,14-15,17-19H,10-11H2,1-2H3,(H,24,27)(H,25,28)/t14-,15-,17-,18+,19+/m0/s1. The number of esters is 1. The first kappa shape index (κ1) is 21.7. The summed E-state index contributed by atoms with van der Waals surface area (Å²) in [5.41, 5.74) is 4.76. The summed E-state index contributed by atoms with van der Waals surface area (Å²) in [6.45, 7) is 2.77. The zero-order chi connectivity index (χ0) is 23.0. The van der Waals surface area contributed by atoms with Crippen molar-refractivity contribution < 1.29 is 28.7 Å². The van der Waals surface area contributed by atoms with Gasteiger partial charge in [0, 0.05) is 5.56 Å².